The maximum atomic E-state index is 13.8. The molecule has 3 aromatic rings. The van der Waals surface area contributed by atoms with Gasteiger partial charge in [0, 0.05) is 5.56 Å². The number of hydrogen-bond donors (Lipinski definition) is 2. The molecular weight excluding hydrogens is 420 g/mol. The van der Waals surface area contributed by atoms with Gasteiger partial charge >= 0.3 is 0 Å². The van der Waals surface area contributed by atoms with Gasteiger partial charge in [0.25, 0.3) is 0 Å². The van der Waals surface area contributed by atoms with Crippen LogP contribution in [0.4, 0.5) is 0 Å². The molecule has 1 atom stereocenters. The van der Waals surface area contributed by atoms with E-state index in [0.717, 1.165) is 11.1 Å². The van der Waals surface area contributed by atoms with Gasteiger partial charge in [-0.2, -0.15) is 0 Å². The van der Waals surface area contributed by atoms with Crippen molar-refractivity contribution in [3.8, 4) is 11.5 Å². The zero-order valence-electron chi connectivity index (χ0n) is 17.9. The van der Waals surface area contributed by atoms with Gasteiger partial charge in [0.1, 0.15) is 0 Å². The first-order chi connectivity index (χ1) is 15.6. The third-order valence-corrected chi connectivity index (χ3v) is 5.46. The quantitative estimate of drug-likeness (QED) is 0.399. The van der Waals surface area contributed by atoms with Crippen molar-refractivity contribution in [3.63, 3.8) is 0 Å². The predicted molar refractivity (Wildman–Crippen MR) is 130 cm³/mol. The standard InChI is InChI=1S/C26H24N2O3S/c1-3-31-20-15-14-19(16-21(20)30-2)24-22(25(29)18-12-8-5-9-13-18)23(27-26(32)28-24)17-10-6-4-7-11-17/h4-16,24H,3H2,1-2H3,(H2,27,28,32). The number of carbonyl (C=O) groups is 1. The van der Waals surface area contributed by atoms with Crippen molar-refractivity contribution in [1.82, 2.24) is 10.6 Å². The van der Waals surface area contributed by atoms with Gasteiger partial charge < -0.3 is 20.1 Å². The van der Waals surface area contributed by atoms with E-state index in [1.165, 1.54) is 0 Å². The summed E-state index contributed by atoms with van der Waals surface area (Å²) in [6, 6.07) is 24.2. The minimum absolute atomic E-state index is 0.0789. The summed E-state index contributed by atoms with van der Waals surface area (Å²) in [5.41, 5.74) is 3.62. The molecule has 1 aliphatic rings. The monoisotopic (exact) mass is 444 g/mol. The molecule has 0 bridgehead atoms. The number of ether oxygens (including phenoxy) is 2. The average Bonchev–Trinajstić information content (AvgIpc) is 2.84. The van der Waals surface area contributed by atoms with E-state index in [4.69, 9.17) is 21.7 Å². The fourth-order valence-corrected chi connectivity index (χ4v) is 4.00. The number of benzene rings is 3. The molecule has 0 aliphatic carbocycles. The number of ketones is 1. The van der Waals surface area contributed by atoms with Gasteiger partial charge in [-0.05, 0) is 42.4 Å². The van der Waals surface area contributed by atoms with Crippen LogP contribution in [0.5, 0.6) is 11.5 Å². The van der Waals surface area contributed by atoms with E-state index in [1.54, 1.807) is 7.11 Å². The fraction of sp³-hybridized carbons (Fsp3) is 0.154. The lowest BCUT2D eigenvalue weighted by molar-refractivity contribution is 0.102. The molecular formula is C26H24N2O3S. The predicted octanol–water partition coefficient (Wildman–Crippen LogP) is 4.91. The smallest absolute Gasteiger partial charge is 0.193 e. The van der Waals surface area contributed by atoms with Crippen LogP contribution < -0.4 is 20.1 Å². The minimum atomic E-state index is -0.462. The van der Waals surface area contributed by atoms with Crippen LogP contribution in [0.2, 0.25) is 0 Å². The van der Waals surface area contributed by atoms with E-state index in [-0.39, 0.29) is 5.78 Å². The topological polar surface area (TPSA) is 59.6 Å². The van der Waals surface area contributed by atoms with E-state index in [9.17, 15) is 4.79 Å². The maximum Gasteiger partial charge on any atom is 0.193 e. The molecule has 4 rings (SSSR count). The molecule has 0 saturated carbocycles. The Labute approximate surface area is 193 Å². The molecule has 1 heterocycles. The molecule has 162 valence electrons. The van der Waals surface area contributed by atoms with Gasteiger partial charge in [-0.3, -0.25) is 4.79 Å². The summed E-state index contributed by atoms with van der Waals surface area (Å²) in [7, 11) is 1.60. The molecule has 32 heavy (non-hydrogen) atoms. The van der Waals surface area contributed by atoms with Crippen LogP contribution in [0.1, 0.15) is 34.5 Å². The molecule has 6 heteroatoms. The van der Waals surface area contributed by atoms with Gasteiger partial charge in [0.05, 0.1) is 31.0 Å². The molecule has 0 saturated heterocycles. The Morgan fingerprint density at radius 1 is 0.969 bits per heavy atom. The Morgan fingerprint density at radius 3 is 2.31 bits per heavy atom. The summed E-state index contributed by atoms with van der Waals surface area (Å²) >= 11 is 5.52. The first kappa shape index (κ1) is 21.6. The van der Waals surface area contributed by atoms with Gasteiger partial charge in [0.2, 0.25) is 0 Å². The second-order valence-electron chi connectivity index (χ2n) is 7.22. The van der Waals surface area contributed by atoms with Gasteiger partial charge in [-0.25, -0.2) is 0 Å². The highest BCUT2D eigenvalue weighted by molar-refractivity contribution is 7.80. The summed E-state index contributed by atoms with van der Waals surface area (Å²) in [6.45, 7) is 2.45. The molecule has 1 unspecified atom stereocenters. The molecule has 3 aromatic carbocycles. The zero-order chi connectivity index (χ0) is 22.5. The maximum absolute atomic E-state index is 13.8. The fourth-order valence-electron chi connectivity index (χ4n) is 3.78. The number of nitrogens with one attached hydrogen (secondary N) is 2. The number of hydrogen-bond acceptors (Lipinski definition) is 4. The zero-order valence-corrected chi connectivity index (χ0v) is 18.7. The molecule has 0 aromatic heterocycles. The van der Waals surface area contributed by atoms with E-state index < -0.39 is 6.04 Å². The minimum Gasteiger partial charge on any atom is -0.493 e. The van der Waals surface area contributed by atoms with Crippen molar-refractivity contribution in [3.05, 3.63) is 101 Å². The second-order valence-corrected chi connectivity index (χ2v) is 7.63. The summed E-state index contributed by atoms with van der Waals surface area (Å²) in [5, 5.41) is 6.95. The third kappa shape index (κ3) is 4.36. The Balaban J connectivity index is 1.90. The highest BCUT2D eigenvalue weighted by atomic mass is 32.1. The van der Waals surface area contributed by atoms with Crippen LogP contribution in [-0.4, -0.2) is 24.6 Å². The molecule has 0 fully saturated rings. The summed E-state index contributed by atoms with van der Waals surface area (Å²) in [6.07, 6.45) is 0. The lowest BCUT2D eigenvalue weighted by Crippen LogP contribution is -2.44. The first-order valence-corrected chi connectivity index (χ1v) is 10.8. The highest BCUT2D eigenvalue weighted by Gasteiger charge is 2.33. The molecule has 5 nitrogen and oxygen atoms in total. The Bertz CT molecular complexity index is 1160. The lowest BCUT2D eigenvalue weighted by atomic mass is 9.87. The van der Waals surface area contributed by atoms with Crippen molar-refractivity contribution in [2.75, 3.05) is 13.7 Å². The van der Waals surface area contributed by atoms with Crippen molar-refractivity contribution in [1.29, 1.82) is 0 Å². The van der Waals surface area contributed by atoms with Crippen molar-refractivity contribution >= 4 is 28.8 Å². The third-order valence-electron chi connectivity index (χ3n) is 5.24. The van der Waals surface area contributed by atoms with Gasteiger partial charge in [0.15, 0.2) is 22.4 Å². The van der Waals surface area contributed by atoms with Crippen molar-refractivity contribution in [2.24, 2.45) is 0 Å². The highest BCUT2D eigenvalue weighted by Crippen LogP contribution is 2.37. The van der Waals surface area contributed by atoms with Crippen molar-refractivity contribution < 1.29 is 14.3 Å². The van der Waals surface area contributed by atoms with E-state index in [1.807, 2.05) is 85.8 Å². The molecule has 0 spiro atoms. The Hall–Kier alpha value is -3.64. The average molecular weight is 445 g/mol. The normalized spacial score (nSPS) is 15.6. The Kier molecular flexibility index (Phi) is 6.52. The summed E-state index contributed by atoms with van der Waals surface area (Å²) in [4.78, 5) is 13.8. The first-order valence-electron chi connectivity index (χ1n) is 10.4. The second kappa shape index (κ2) is 9.66. The van der Waals surface area contributed by atoms with E-state index in [0.29, 0.717) is 40.1 Å². The number of Topliss-reactive ketones (excluding diaryl/α,β-unsaturated/α-hetero) is 1. The van der Waals surface area contributed by atoms with Crippen LogP contribution in [0.25, 0.3) is 5.70 Å². The molecule has 1 aliphatic heterocycles. The molecule has 2 N–H and O–H groups in total. The molecule has 0 amide bonds. The van der Waals surface area contributed by atoms with Crippen LogP contribution in [0.15, 0.2) is 84.4 Å². The number of methoxy groups -OCH3 is 1. The number of thiocarbonyl (C=S) groups is 1. The largest absolute Gasteiger partial charge is 0.493 e. The Morgan fingerprint density at radius 2 is 1.66 bits per heavy atom. The molecule has 0 radical (unpaired) electrons. The van der Waals surface area contributed by atoms with E-state index in [2.05, 4.69) is 10.6 Å². The van der Waals surface area contributed by atoms with Crippen LogP contribution >= 0.6 is 12.2 Å². The van der Waals surface area contributed by atoms with Gasteiger partial charge in [-0.1, -0.05) is 66.7 Å². The summed E-state index contributed by atoms with van der Waals surface area (Å²) < 4.78 is 11.2. The van der Waals surface area contributed by atoms with Gasteiger partial charge in [-0.15, -0.1) is 0 Å². The van der Waals surface area contributed by atoms with Crippen molar-refractivity contribution in [2.45, 2.75) is 13.0 Å². The SMILES string of the molecule is CCOc1ccc(C2NC(=S)NC(c3ccccc3)=C2C(=O)c2ccccc2)cc1OC. The number of rotatable bonds is 7. The van der Waals surface area contributed by atoms with Crippen LogP contribution in [-0.2, 0) is 0 Å². The van der Waals surface area contributed by atoms with Crippen LogP contribution in [0.3, 0.4) is 0 Å². The van der Waals surface area contributed by atoms with Crippen LogP contribution in [0, 0.1) is 0 Å². The number of carbonyl (C=O) groups excluding carboxylic acids is 1. The lowest BCUT2D eigenvalue weighted by Gasteiger charge is -2.32. The summed E-state index contributed by atoms with van der Waals surface area (Å²) in [5.74, 6) is 1.17. The van der Waals surface area contributed by atoms with E-state index >= 15 is 0 Å².